The smallest absolute Gasteiger partial charge is 0.140 e. The summed E-state index contributed by atoms with van der Waals surface area (Å²) in [4.78, 5) is 4.47. The maximum Gasteiger partial charge on any atom is 0.140 e. The van der Waals surface area contributed by atoms with Gasteiger partial charge in [0.1, 0.15) is 5.60 Å². The van der Waals surface area contributed by atoms with Crippen molar-refractivity contribution in [2.75, 3.05) is 0 Å². The molecule has 0 saturated carbocycles. The highest BCUT2D eigenvalue weighted by Gasteiger charge is 2.24. The van der Waals surface area contributed by atoms with Crippen LogP contribution in [0.25, 0.3) is 0 Å². The Kier molecular flexibility index (Phi) is 2.79. The zero-order valence-corrected chi connectivity index (χ0v) is 9.00. The molecule has 0 fully saturated rings. The SMILES string of the molecule is CC(C)(C)N=CC1(C)CCC=CO1. The third-order valence-corrected chi connectivity index (χ3v) is 1.97. The number of hydrogen-bond donors (Lipinski definition) is 0. The summed E-state index contributed by atoms with van der Waals surface area (Å²) in [5.41, 5.74) is -0.199. The van der Waals surface area contributed by atoms with Crippen molar-refractivity contribution in [1.82, 2.24) is 0 Å². The molecule has 0 aromatic carbocycles. The maximum atomic E-state index is 5.53. The van der Waals surface area contributed by atoms with Crippen molar-refractivity contribution in [3.8, 4) is 0 Å². The molecule has 1 aliphatic rings. The topological polar surface area (TPSA) is 21.6 Å². The summed E-state index contributed by atoms with van der Waals surface area (Å²) in [6.45, 7) is 8.34. The van der Waals surface area contributed by atoms with Gasteiger partial charge in [-0.2, -0.15) is 0 Å². The zero-order valence-electron chi connectivity index (χ0n) is 9.00. The average Bonchev–Trinajstić information content (AvgIpc) is 2.02. The van der Waals surface area contributed by atoms with E-state index in [1.54, 1.807) is 6.26 Å². The molecule has 0 amide bonds. The second-order valence-electron chi connectivity index (χ2n) is 4.77. The van der Waals surface area contributed by atoms with E-state index < -0.39 is 0 Å². The van der Waals surface area contributed by atoms with Crippen LogP contribution < -0.4 is 0 Å². The Morgan fingerprint density at radius 2 is 2.15 bits per heavy atom. The van der Waals surface area contributed by atoms with Crippen LogP contribution in [0.3, 0.4) is 0 Å². The number of allylic oxidation sites excluding steroid dienone is 1. The van der Waals surface area contributed by atoms with Gasteiger partial charge in [0.25, 0.3) is 0 Å². The van der Waals surface area contributed by atoms with Gasteiger partial charge in [-0.25, -0.2) is 0 Å². The van der Waals surface area contributed by atoms with E-state index in [9.17, 15) is 0 Å². The van der Waals surface area contributed by atoms with E-state index in [0.717, 1.165) is 12.8 Å². The summed E-state index contributed by atoms with van der Waals surface area (Å²) in [5.74, 6) is 0. The van der Waals surface area contributed by atoms with Crippen LogP contribution in [-0.4, -0.2) is 17.4 Å². The summed E-state index contributed by atoms with van der Waals surface area (Å²) in [7, 11) is 0. The summed E-state index contributed by atoms with van der Waals surface area (Å²) >= 11 is 0. The van der Waals surface area contributed by atoms with Crippen LogP contribution in [0.15, 0.2) is 17.3 Å². The van der Waals surface area contributed by atoms with Crippen LogP contribution in [0.1, 0.15) is 40.5 Å². The van der Waals surface area contributed by atoms with E-state index in [-0.39, 0.29) is 11.1 Å². The fraction of sp³-hybridized carbons (Fsp3) is 0.727. The number of ether oxygens (including phenoxy) is 1. The molecule has 13 heavy (non-hydrogen) atoms. The monoisotopic (exact) mass is 181 g/mol. The summed E-state index contributed by atoms with van der Waals surface area (Å²) < 4.78 is 5.53. The molecule has 1 unspecified atom stereocenters. The van der Waals surface area contributed by atoms with Crippen LogP contribution in [0.5, 0.6) is 0 Å². The van der Waals surface area contributed by atoms with Crippen molar-refractivity contribution in [2.24, 2.45) is 4.99 Å². The van der Waals surface area contributed by atoms with Crippen molar-refractivity contribution < 1.29 is 4.74 Å². The van der Waals surface area contributed by atoms with Crippen molar-refractivity contribution >= 4 is 6.21 Å². The van der Waals surface area contributed by atoms with Crippen molar-refractivity contribution in [1.29, 1.82) is 0 Å². The molecule has 0 spiro atoms. The Morgan fingerprint density at radius 3 is 2.62 bits per heavy atom. The predicted octanol–water partition coefficient (Wildman–Crippen LogP) is 2.94. The molecule has 0 aliphatic carbocycles. The van der Waals surface area contributed by atoms with Gasteiger partial charge in [0.15, 0.2) is 0 Å². The van der Waals surface area contributed by atoms with Crippen molar-refractivity contribution in [3.05, 3.63) is 12.3 Å². The largest absolute Gasteiger partial charge is 0.490 e. The Balaban J connectivity index is 2.61. The Bertz CT molecular complexity index is 225. The Hall–Kier alpha value is -0.790. The summed E-state index contributed by atoms with van der Waals surface area (Å²) in [5, 5.41) is 0. The molecule has 1 atom stereocenters. The van der Waals surface area contributed by atoms with E-state index in [2.05, 4.69) is 32.7 Å². The standard InChI is InChI=1S/C11H19NO/c1-10(2,3)12-9-11(4)7-5-6-8-13-11/h6,8-9H,5,7H2,1-4H3. The maximum absolute atomic E-state index is 5.53. The molecule has 0 saturated heterocycles. The second-order valence-corrected chi connectivity index (χ2v) is 4.77. The Morgan fingerprint density at radius 1 is 1.46 bits per heavy atom. The van der Waals surface area contributed by atoms with Gasteiger partial charge in [-0.05, 0) is 46.6 Å². The van der Waals surface area contributed by atoms with Crippen molar-refractivity contribution in [2.45, 2.75) is 51.7 Å². The predicted molar refractivity (Wildman–Crippen MR) is 56.1 cm³/mol. The van der Waals surface area contributed by atoms with Crippen LogP contribution >= 0.6 is 0 Å². The minimum Gasteiger partial charge on any atom is -0.490 e. The molecule has 1 aliphatic heterocycles. The third kappa shape index (κ3) is 3.62. The second kappa shape index (κ2) is 3.52. The van der Waals surface area contributed by atoms with Gasteiger partial charge in [0.05, 0.1) is 11.8 Å². The third-order valence-electron chi connectivity index (χ3n) is 1.97. The lowest BCUT2D eigenvalue weighted by Gasteiger charge is -2.28. The number of hydrogen-bond acceptors (Lipinski definition) is 2. The van der Waals surface area contributed by atoms with Crippen LogP contribution in [0, 0.1) is 0 Å². The molecule has 0 aromatic rings. The van der Waals surface area contributed by atoms with Gasteiger partial charge in [-0.3, -0.25) is 4.99 Å². The first kappa shape index (κ1) is 10.3. The molecular weight excluding hydrogens is 162 g/mol. The molecule has 0 N–H and O–H groups in total. The van der Waals surface area contributed by atoms with Crippen LogP contribution in [0.2, 0.25) is 0 Å². The first-order valence-electron chi connectivity index (χ1n) is 4.81. The zero-order chi connectivity index (χ0) is 9.95. The lowest BCUT2D eigenvalue weighted by Crippen LogP contribution is -2.31. The molecule has 0 radical (unpaired) electrons. The molecule has 2 nitrogen and oxygen atoms in total. The van der Waals surface area contributed by atoms with E-state index in [0.29, 0.717) is 0 Å². The van der Waals surface area contributed by atoms with E-state index in [1.165, 1.54) is 0 Å². The number of rotatable bonds is 1. The summed E-state index contributed by atoms with van der Waals surface area (Å²) in [6.07, 6.45) is 7.86. The van der Waals surface area contributed by atoms with E-state index >= 15 is 0 Å². The fourth-order valence-corrected chi connectivity index (χ4v) is 1.13. The number of nitrogens with zero attached hydrogens (tertiary/aromatic N) is 1. The normalized spacial score (nSPS) is 29.2. The van der Waals surface area contributed by atoms with Gasteiger partial charge in [-0.15, -0.1) is 0 Å². The molecule has 74 valence electrons. The molecule has 0 aromatic heterocycles. The number of aliphatic imine (C=N–C) groups is 1. The molecule has 1 rings (SSSR count). The Labute approximate surface area is 80.7 Å². The molecular formula is C11H19NO. The van der Waals surface area contributed by atoms with E-state index in [1.807, 2.05) is 12.3 Å². The minimum atomic E-state index is -0.192. The molecule has 0 bridgehead atoms. The van der Waals surface area contributed by atoms with Gasteiger partial charge in [0.2, 0.25) is 0 Å². The van der Waals surface area contributed by atoms with E-state index in [4.69, 9.17) is 4.74 Å². The quantitative estimate of drug-likeness (QED) is 0.570. The molecule has 2 heteroatoms. The fourth-order valence-electron chi connectivity index (χ4n) is 1.13. The summed E-state index contributed by atoms with van der Waals surface area (Å²) in [6, 6.07) is 0. The first-order valence-corrected chi connectivity index (χ1v) is 4.81. The van der Waals surface area contributed by atoms with Gasteiger partial charge < -0.3 is 4.74 Å². The first-order chi connectivity index (χ1) is 5.91. The van der Waals surface area contributed by atoms with Crippen molar-refractivity contribution in [3.63, 3.8) is 0 Å². The highest BCUT2D eigenvalue weighted by molar-refractivity contribution is 5.69. The lowest BCUT2D eigenvalue weighted by atomic mass is 9.99. The van der Waals surface area contributed by atoms with Gasteiger partial charge in [0, 0.05) is 6.21 Å². The van der Waals surface area contributed by atoms with Gasteiger partial charge >= 0.3 is 0 Å². The lowest BCUT2D eigenvalue weighted by molar-refractivity contribution is 0.0895. The average molecular weight is 181 g/mol. The highest BCUT2D eigenvalue weighted by atomic mass is 16.5. The van der Waals surface area contributed by atoms with Gasteiger partial charge in [-0.1, -0.05) is 0 Å². The molecule has 1 heterocycles. The van der Waals surface area contributed by atoms with Crippen LogP contribution in [-0.2, 0) is 4.74 Å². The minimum absolute atomic E-state index is 0.00642. The van der Waals surface area contributed by atoms with Crippen LogP contribution in [0.4, 0.5) is 0 Å². The highest BCUT2D eigenvalue weighted by Crippen LogP contribution is 2.21.